The van der Waals surface area contributed by atoms with Gasteiger partial charge in [-0.3, -0.25) is 4.31 Å². The molecule has 0 atom stereocenters. The maximum Gasteiger partial charge on any atom is 0.301 e. The normalized spacial score (nSPS) is 14.8. The molecule has 0 unspecified atom stereocenters. The molecule has 0 saturated heterocycles. The van der Waals surface area contributed by atoms with Gasteiger partial charge in [-0.15, -0.1) is 0 Å². The second kappa shape index (κ2) is 5.13. The van der Waals surface area contributed by atoms with Crippen LogP contribution in [0.5, 0.6) is 0 Å². The molecule has 1 aromatic carbocycles. The van der Waals surface area contributed by atoms with E-state index in [0.29, 0.717) is 30.9 Å². The molecule has 0 radical (unpaired) electrons. The molecule has 0 aromatic heterocycles. The summed E-state index contributed by atoms with van der Waals surface area (Å²) in [6, 6.07) is 5.27. The molecule has 0 fully saturated rings. The van der Waals surface area contributed by atoms with Crippen molar-refractivity contribution in [3.05, 3.63) is 23.8 Å². The zero-order chi connectivity index (χ0) is 13.2. The Labute approximate surface area is 107 Å². The van der Waals surface area contributed by atoms with Crippen molar-refractivity contribution in [2.75, 3.05) is 36.8 Å². The van der Waals surface area contributed by atoms with Crippen molar-refractivity contribution in [2.45, 2.75) is 6.42 Å². The molecule has 100 valence electrons. The maximum absolute atomic E-state index is 12.1. The lowest BCUT2D eigenvalue weighted by Gasteiger charge is -2.19. The number of nitrogens with zero attached hydrogens (tertiary/aromatic N) is 1. The van der Waals surface area contributed by atoms with Crippen LogP contribution in [-0.4, -0.2) is 35.2 Å². The number of ether oxygens (including phenoxy) is 1. The van der Waals surface area contributed by atoms with Gasteiger partial charge in [0.05, 0.1) is 12.3 Å². The number of benzene rings is 1. The average Bonchev–Trinajstić information content (AvgIpc) is 2.72. The van der Waals surface area contributed by atoms with E-state index >= 15 is 0 Å². The van der Waals surface area contributed by atoms with E-state index in [2.05, 4.69) is 4.72 Å². The first-order valence-electron chi connectivity index (χ1n) is 5.69. The van der Waals surface area contributed by atoms with E-state index in [4.69, 9.17) is 10.5 Å². The lowest BCUT2D eigenvalue weighted by Crippen LogP contribution is -2.41. The molecule has 7 heteroatoms. The molecule has 0 aliphatic carbocycles. The minimum atomic E-state index is -3.50. The third kappa shape index (κ3) is 2.58. The minimum absolute atomic E-state index is 0.264. The average molecular weight is 271 g/mol. The molecule has 1 aliphatic heterocycles. The van der Waals surface area contributed by atoms with Crippen LogP contribution in [0.25, 0.3) is 0 Å². The van der Waals surface area contributed by atoms with Gasteiger partial charge in [-0.2, -0.15) is 13.1 Å². The lowest BCUT2D eigenvalue weighted by molar-refractivity contribution is 0.204. The number of hydrogen-bond acceptors (Lipinski definition) is 4. The summed E-state index contributed by atoms with van der Waals surface area (Å²) < 4.78 is 32.9. The van der Waals surface area contributed by atoms with E-state index in [9.17, 15) is 8.42 Å². The van der Waals surface area contributed by atoms with Gasteiger partial charge < -0.3 is 10.5 Å². The van der Waals surface area contributed by atoms with Gasteiger partial charge in [-0.05, 0) is 30.2 Å². The van der Waals surface area contributed by atoms with Gasteiger partial charge in [0.15, 0.2) is 0 Å². The number of methoxy groups -OCH3 is 1. The smallest absolute Gasteiger partial charge is 0.301 e. The molecule has 0 spiro atoms. The highest BCUT2D eigenvalue weighted by Crippen LogP contribution is 2.31. The van der Waals surface area contributed by atoms with Crippen molar-refractivity contribution in [3.63, 3.8) is 0 Å². The van der Waals surface area contributed by atoms with Gasteiger partial charge in [0.1, 0.15) is 0 Å². The predicted octanol–water partition coefficient (Wildman–Crippen LogP) is 0.112. The van der Waals surface area contributed by atoms with Crippen LogP contribution in [0.1, 0.15) is 5.56 Å². The van der Waals surface area contributed by atoms with Crippen LogP contribution >= 0.6 is 0 Å². The molecular formula is C11H17N3O3S. The summed E-state index contributed by atoms with van der Waals surface area (Å²) in [6.07, 6.45) is 0.686. The number of nitrogens with one attached hydrogen (secondary N) is 1. The molecule has 1 aromatic rings. The lowest BCUT2D eigenvalue weighted by atomic mass is 10.1. The fraction of sp³-hybridized carbons (Fsp3) is 0.455. The Kier molecular flexibility index (Phi) is 3.74. The van der Waals surface area contributed by atoms with Crippen molar-refractivity contribution in [1.29, 1.82) is 0 Å². The van der Waals surface area contributed by atoms with Crippen molar-refractivity contribution >= 4 is 21.6 Å². The number of hydrogen-bond donors (Lipinski definition) is 2. The predicted molar refractivity (Wildman–Crippen MR) is 70.7 cm³/mol. The highest BCUT2D eigenvalue weighted by molar-refractivity contribution is 7.90. The topological polar surface area (TPSA) is 84.7 Å². The van der Waals surface area contributed by atoms with Gasteiger partial charge in [0.2, 0.25) is 0 Å². The van der Waals surface area contributed by atoms with Crippen LogP contribution in [0.3, 0.4) is 0 Å². The van der Waals surface area contributed by atoms with E-state index in [0.717, 1.165) is 5.56 Å². The molecule has 1 heterocycles. The summed E-state index contributed by atoms with van der Waals surface area (Å²) in [7, 11) is -1.97. The van der Waals surface area contributed by atoms with E-state index in [1.54, 1.807) is 12.1 Å². The molecule has 1 aliphatic rings. The molecule has 18 heavy (non-hydrogen) atoms. The number of anilines is 2. The maximum atomic E-state index is 12.1. The molecule has 2 rings (SSSR count). The summed E-state index contributed by atoms with van der Waals surface area (Å²) >= 11 is 0. The van der Waals surface area contributed by atoms with Crippen molar-refractivity contribution < 1.29 is 13.2 Å². The fourth-order valence-corrected chi connectivity index (χ4v) is 3.26. The number of nitrogens with two attached hydrogens (primary N) is 1. The van der Waals surface area contributed by atoms with Gasteiger partial charge >= 0.3 is 10.2 Å². The SMILES string of the molecule is COCCNS(=O)(=O)N1CCc2cc(N)ccc21. The van der Waals surface area contributed by atoms with Crippen LogP contribution in [0, 0.1) is 0 Å². The van der Waals surface area contributed by atoms with E-state index in [-0.39, 0.29) is 6.54 Å². The van der Waals surface area contributed by atoms with Gasteiger partial charge in [0, 0.05) is 25.9 Å². The van der Waals surface area contributed by atoms with Crippen molar-refractivity contribution in [1.82, 2.24) is 4.72 Å². The first-order chi connectivity index (χ1) is 8.54. The fourth-order valence-electron chi connectivity index (χ4n) is 1.99. The first-order valence-corrected chi connectivity index (χ1v) is 7.13. The molecule has 6 nitrogen and oxygen atoms in total. The van der Waals surface area contributed by atoms with Crippen LogP contribution in [0.15, 0.2) is 18.2 Å². The Balaban J connectivity index is 2.17. The van der Waals surface area contributed by atoms with E-state index < -0.39 is 10.2 Å². The Bertz CT molecular complexity index is 530. The summed E-state index contributed by atoms with van der Waals surface area (Å²) in [5.74, 6) is 0. The monoisotopic (exact) mass is 271 g/mol. The Morgan fingerprint density at radius 2 is 2.28 bits per heavy atom. The summed E-state index contributed by atoms with van der Waals surface area (Å²) in [5.41, 5.74) is 8.00. The molecule has 0 bridgehead atoms. The molecule has 0 amide bonds. The minimum Gasteiger partial charge on any atom is -0.399 e. The van der Waals surface area contributed by atoms with Crippen LogP contribution in [0.4, 0.5) is 11.4 Å². The highest BCUT2D eigenvalue weighted by atomic mass is 32.2. The summed E-state index contributed by atoms with van der Waals surface area (Å²) in [6.45, 7) is 1.06. The largest absolute Gasteiger partial charge is 0.399 e. The zero-order valence-corrected chi connectivity index (χ0v) is 11.0. The van der Waals surface area contributed by atoms with Crippen LogP contribution < -0.4 is 14.8 Å². The highest BCUT2D eigenvalue weighted by Gasteiger charge is 2.28. The summed E-state index contributed by atoms with van der Waals surface area (Å²) in [5, 5.41) is 0. The van der Waals surface area contributed by atoms with E-state index in [1.165, 1.54) is 11.4 Å². The first kappa shape index (κ1) is 13.1. The van der Waals surface area contributed by atoms with Crippen molar-refractivity contribution in [2.24, 2.45) is 0 Å². The molecule has 0 saturated carbocycles. The van der Waals surface area contributed by atoms with Crippen LogP contribution in [0.2, 0.25) is 0 Å². The number of fused-ring (bicyclic) bond motifs is 1. The Morgan fingerprint density at radius 3 is 3.00 bits per heavy atom. The van der Waals surface area contributed by atoms with E-state index in [1.807, 2.05) is 6.07 Å². The molecule has 3 N–H and O–H groups in total. The Morgan fingerprint density at radius 1 is 1.50 bits per heavy atom. The molecular weight excluding hydrogens is 254 g/mol. The Hall–Kier alpha value is -1.31. The summed E-state index contributed by atoms with van der Waals surface area (Å²) in [4.78, 5) is 0. The quantitative estimate of drug-likeness (QED) is 0.588. The number of nitrogen functional groups attached to an aromatic ring is 1. The standard InChI is InChI=1S/C11H17N3O3S/c1-17-7-5-13-18(15,16)14-6-4-9-8-10(12)2-3-11(9)14/h2-3,8,13H,4-7,12H2,1H3. The third-order valence-corrected chi connectivity index (χ3v) is 4.37. The van der Waals surface area contributed by atoms with Gasteiger partial charge in [-0.25, -0.2) is 0 Å². The second-order valence-electron chi connectivity index (χ2n) is 4.10. The number of rotatable bonds is 5. The second-order valence-corrected chi connectivity index (χ2v) is 5.78. The van der Waals surface area contributed by atoms with Crippen LogP contribution in [-0.2, 0) is 21.4 Å². The van der Waals surface area contributed by atoms with Crippen molar-refractivity contribution in [3.8, 4) is 0 Å². The van der Waals surface area contributed by atoms with Gasteiger partial charge in [-0.1, -0.05) is 0 Å². The zero-order valence-electron chi connectivity index (χ0n) is 10.2. The third-order valence-electron chi connectivity index (χ3n) is 2.84. The van der Waals surface area contributed by atoms with Gasteiger partial charge in [0.25, 0.3) is 0 Å².